The van der Waals surface area contributed by atoms with Crippen LogP contribution in [0.5, 0.6) is 0 Å². The summed E-state index contributed by atoms with van der Waals surface area (Å²) in [7, 11) is 0. The van der Waals surface area contributed by atoms with Crippen LogP contribution < -0.4 is 11.1 Å². The number of rotatable bonds is 4. The number of thiazole rings is 1. The van der Waals surface area contributed by atoms with E-state index in [2.05, 4.69) is 10.3 Å². The molecule has 1 atom stereocenters. The van der Waals surface area contributed by atoms with E-state index in [-0.39, 0.29) is 11.9 Å². The van der Waals surface area contributed by atoms with E-state index in [0.717, 1.165) is 11.6 Å². The van der Waals surface area contributed by atoms with Crippen LogP contribution in [0.15, 0.2) is 5.38 Å². The van der Waals surface area contributed by atoms with E-state index in [9.17, 15) is 4.79 Å². The van der Waals surface area contributed by atoms with Crippen LogP contribution in [0.1, 0.15) is 41.3 Å². The van der Waals surface area contributed by atoms with E-state index >= 15 is 0 Å². The van der Waals surface area contributed by atoms with Crippen molar-refractivity contribution >= 4 is 29.0 Å². The highest BCUT2D eigenvalue weighted by atomic mass is 32.2. The number of nitrogens with two attached hydrogens (primary N) is 1. The number of hydrogen-bond donors (Lipinski definition) is 2. The molecule has 2 rings (SSSR count). The third-order valence-corrected chi connectivity index (χ3v) is 5.13. The van der Waals surface area contributed by atoms with Crippen LogP contribution in [0.3, 0.4) is 0 Å². The van der Waals surface area contributed by atoms with Gasteiger partial charge in [-0.1, -0.05) is 0 Å². The molecule has 1 aliphatic rings. The van der Waals surface area contributed by atoms with Crippen LogP contribution in [0, 0.1) is 5.92 Å². The van der Waals surface area contributed by atoms with Gasteiger partial charge in [0, 0.05) is 11.9 Å². The Hall–Kier alpha value is -0.590. The molecule has 1 unspecified atom stereocenters. The SMILES string of the molecule is CC(N)c1nc(C(=O)NCC2CCSCC2)cs1. The van der Waals surface area contributed by atoms with Crippen molar-refractivity contribution in [2.75, 3.05) is 18.1 Å². The molecule has 0 spiro atoms. The Morgan fingerprint density at radius 3 is 2.94 bits per heavy atom. The number of thioether (sulfide) groups is 1. The van der Waals surface area contributed by atoms with Crippen LogP contribution in [-0.4, -0.2) is 28.9 Å². The quantitative estimate of drug-likeness (QED) is 0.888. The van der Waals surface area contributed by atoms with Crippen molar-refractivity contribution < 1.29 is 4.79 Å². The van der Waals surface area contributed by atoms with Crippen molar-refractivity contribution in [3.63, 3.8) is 0 Å². The van der Waals surface area contributed by atoms with Gasteiger partial charge in [-0.05, 0) is 37.2 Å². The maximum absolute atomic E-state index is 11.9. The third kappa shape index (κ3) is 3.70. The van der Waals surface area contributed by atoms with Gasteiger partial charge in [-0.15, -0.1) is 11.3 Å². The molecule has 0 aromatic carbocycles. The summed E-state index contributed by atoms with van der Waals surface area (Å²) >= 11 is 3.45. The molecule has 0 aliphatic carbocycles. The molecule has 1 fully saturated rings. The van der Waals surface area contributed by atoms with E-state index in [1.807, 2.05) is 18.7 Å². The Kier molecular flexibility index (Phi) is 5.03. The molecule has 18 heavy (non-hydrogen) atoms. The van der Waals surface area contributed by atoms with Gasteiger partial charge in [-0.2, -0.15) is 11.8 Å². The molecule has 1 aliphatic heterocycles. The molecule has 4 nitrogen and oxygen atoms in total. The van der Waals surface area contributed by atoms with Gasteiger partial charge in [-0.25, -0.2) is 4.98 Å². The zero-order valence-corrected chi connectivity index (χ0v) is 12.1. The van der Waals surface area contributed by atoms with E-state index in [0.29, 0.717) is 11.6 Å². The van der Waals surface area contributed by atoms with Crippen molar-refractivity contribution in [3.05, 3.63) is 16.1 Å². The standard InChI is InChI=1S/C12H19N3OS2/c1-8(13)12-15-10(7-18-12)11(16)14-6-9-2-4-17-5-3-9/h7-9H,2-6,13H2,1H3,(H,14,16). The lowest BCUT2D eigenvalue weighted by Gasteiger charge is -2.21. The first-order chi connectivity index (χ1) is 8.66. The first-order valence-corrected chi connectivity index (χ1v) is 8.27. The molecular formula is C12H19N3OS2. The molecule has 0 bridgehead atoms. The summed E-state index contributed by atoms with van der Waals surface area (Å²) in [6.07, 6.45) is 2.40. The smallest absolute Gasteiger partial charge is 0.270 e. The lowest BCUT2D eigenvalue weighted by molar-refractivity contribution is 0.0942. The fraction of sp³-hybridized carbons (Fsp3) is 0.667. The summed E-state index contributed by atoms with van der Waals surface area (Å²) < 4.78 is 0. The molecule has 3 N–H and O–H groups in total. The molecule has 1 aromatic heterocycles. The first kappa shape index (κ1) is 13.8. The number of amides is 1. The molecule has 2 heterocycles. The van der Waals surface area contributed by atoms with Gasteiger partial charge >= 0.3 is 0 Å². The van der Waals surface area contributed by atoms with Crippen LogP contribution in [0.4, 0.5) is 0 Å². The fourth-order valence-electron chi connectivity index (χ4n) is 1.88. The molecule has 0 radical (unpaired) electrons. The van der Waals surface area contributed by atoms with Crippen molar-refractivity contribution in [2.45, 2.75) is 25.8 Å². The molecule has 1 saturated heterocycles. The number of carbonyl (C=O) groups excluding carboxylic acids is 1. The number of nitrogens with one attached hydrogen (secondary N) is 1. The molecular weight excluding hydrogens is 266 g/mol. The second-order valence-corrected chi connectivity index (χ2v) is 6.74. The largest absolute Gasteiger partial charge is 0.350 e. The number of carbonyl (C=O) groups is 1. The highest BCUT2D eigenvalue weighted by Crippen LogP contribution is 2.22. The van der Waals surface area contributed by atoms with Crippen LogP contribution >= 0.6 is 23.1 Å². The maximum Gasteiger partial charge on any atom is 0.270 e. The Morgan fingerprint density at radius 2 is 2.33 bits per heavy atom. The minimum atomic E-state index is -0.105. The second-order valence-electron chi connectivity index (χ2n) is 4.63. The van der Waals surface area contributed by atoms with E-state index in [1.54, 1.807) is 5.38 Å². The van der Waals surface area contributed by atoms with Gasteiger partial charge in [0.25, 0.3) is 5.91 Å². The van der Waals surface area contributed by atoms with Crippen molar-refractivity contribution in [2.24, 2.45) is 11.7 Å². The average molecular weight is 285 g/mol. The fourth-order valence-corrected chi connectivity index (χ4v) is 3.84. The molecule has 6 heteroatoms. The Bertz CT molecular complexity index is 400. The Labute approximate surface area is 116 Å². The van der Waals surface area contributed by atoms with Crippen molar-refractivity contribution in [1.29, 1.82) is 0 Å². The van der Waals surface area contributed by atoms with Crippen LogP contribution in [0.2, 0.25) is 0 Å². The summed E-state index contributed by atoms with van der Waals surface area (Å²) in [5, 5.41) is 5.57. The summed E-state index contributed by atoms with van der Waals surface area (Å²) in [6.45, 7) is 2.64. The Morgan fingerprint density at radius 1 is 1.61 bits per heavy atom. The zero-order chi connectivity index (χ0) is 13.0. The minimum Gasteiger partial charge on any atom is -0.350 e. The lowest BCUT2D eigenvalue weighted by Crippen LogP contribution is -2.31. The minimum absolute atomic E-state index is 0.0728. The molecule has 0 saturated carbocycles. The second kappa shape index (κ2) is 6.54. The van der Waals surface area contributed by atoms with Gasteiger partial charge in [0.1, 0.15) is 10.7 Å². The van der Waals surface area contributed by atoms with Crippen molar-refractivity contribution in [3.8, 4) is 0 Å². The summed E-state index contributed by atoms with van der Waals surface area (Å²) in [5.41, 5.74) is 6.23. The van der Waals surface area contributed by atoms with Gasteiger partial charge < -0.3 is 11.1 Å². The average Bonchev–Trinajstić information content (AvgIpc) is 2.87. The summed E-state index contributed by atoms with van der Waals surface area (Å²) in [5.74, 6) is 2.98. The predicted molar refractivity (Wildman–Crippen MR) is 77.1 cm³/mol. The summed E-state index contributed by atoms with van der Waals surface area (Å²) in [6, 6.07) is -0.105. The number of nitrogens with zero attached hydrogens (tertiary/aromatic N) is 1. The van der Waals surface area contributed by atoms with E-state index in [1.165, 1.54) is 35.7 Å². The number of aromatic nitrogens is 1. The number of hydrogen-bond acceptors (Lipinski definition) is 5. The maximum atomic E-state index is 11.9. The Balaban J connectivity index is 1.83. The van der Waals surface area contributed by atoms with E-state index in [4.69, 9.17) is 5.73 Å². The molecule has 100 valence electrons. The monoisotopic (exact) mass is 285 g/mol. The summed E-state index contributed by atoms with van der Waals surface area (Å²) in [4.78, 5) is 16.2. The molecule has 1 aromatic rings. The van der Waals surface area contributed by atoms with Crippen molar-refractivity contribution in [1.82, 2.24) is 10.3 Å². The highest BCUT2D eigenvalue weighted by molar-refractivity contribution is 7.99. The normalized spacial score (nSPS) is 18.6. The highest BCUT2D eigenvalue weighted by Gasteiger charge is 2.17. The topological polar surface area (TPSA) is 68.0 Å². The first-order valence-electron chi connectivity index (χ1n) is 6.23. The zero-order valence-electron chi connectivity index (χ0n) is 10.5. The van der Waals surface area contributed by atoms with Gasteiger partial charge in [0.15, 0.2) is 0 Å². The van der Waals surface area contributed by atoms with Crippen LogP contribution in [0.25, 0.3) is 0 Å². The third-order valence-electron chi connectivity index (χ3n) is 3.04. The van der Waals surface area contributed by atoms with E-state index < -0.39 is 0 Å². The lowest BCUT2D eigenvalue weighted by atomic mass is 10.0. The van der Waals surface area contributed by atoms with Gasteiger partial charge in [0.2, 0.25) is 0 Å². The predicted octanol–water partition coefficient (Wildman–Crippen LogP) is 2.04. The van der Waals surface area contributed by atoms with Gasteiger partial charge in [-0.3, -0.25) is 4.79 Å². The van der Waals surface area contributed by atoms with Crippen LogP contribution in [-0.2, 0) is 0 Å². The molecule has 1 amide bonds. The van der Waals surface area contributed by atoms with Gasteiger partial charge in [0.05, 0.1) is 6.04 Å².